The van der Waals surface area contributed by atoms with Gasteiger partial charge in [0.2, 0.25) is 0 Å². The van der Waals surface area contributed by atoms with Crippen LogP contribution in [-0.2, 0) is 0 Å². The second-order valence-electron chi connectivity index (χ2n) is 5.07. The Kier molecular flexibility index (Phi) is 4.84. The monoisotopic (exact) mass is 310 g/mol. The van der Waals surface area contributed by atoms with Crippen molar-refractivity contribution in [3.63, 3.8) is 0 Å². The number of hydrogen-bond acceptors (Lipinski definition) is 4. The third kappa shape index (κ3) is 3.36. The molecule has 7 heteroatoms. The largest absolute Gasteiger partial charge is 0.344 e. The van der Waals surface area contributed by atoms with Gasteiger partial charge in [-0.3, -0.25) is 4.57 Å². The van der Waals surface area contributed by atoms with Gasteiger partial charge in [-0.15, -0.1) is 5.10 Å². The molecule has 1 aromatic carbocycles. The van der Waals surface area contributed by atoms with Gasteiger partial charge in [0.25, 0.3) is 0 Å². The van der Waals surface area contributed by atoms with Crippen LogP contribution in [0.5, 0.6) is 0 Å². The van der Waals surface area contributed by atoms with Crippen LogP contribution in [0.1, 0.15) is 38.4 Å². The van der Waals surface area contributed by atoms with Crippen LogP contribution in [0.25, 0.3) is 0 Å². The highest BCUT2D eigenvalue weighted by atomic mass is 32.2. The van der Waals surface area contributed by atoms with Crippen LogP contribution in [0.4, 0.5) is 4.39 Å². The van der Waals surface area contributed by atoms with E-state index in [4.69, 9.17) is 0 Å². The molecular formula is C14H19FN4OS. The number of rotatable bonds is 5. The lowest BCUT2D eigenvalue weighted by Gasteiger charge is -2.16. The Labute approximate surface area is 127 Å². The molecule has 0 aliphatic heterocycles. The van der Waals surface area contributed by atoms with Crippen LogP contribution in [0, 0.1) is 5.82 Å². The lowest BCUT2D eigenvalue weighted by Crippen LogP contribution is -2.19. The molecule has 1 heterocycles. The average molecular weight is 310 g/mol. The van der Waals surface area contributed by atoms with Crippen LogP contribution >= 0.6 is 11.8 Å². The molecule has 0 aliphatic rings. The van der Waals surface area contributed by atoms with Crippen molar-refractivity contribution in [3.8, 4) is 0 Å². The van der Waals surface area contributed by atoms with E-state index in [1.807, 2.05) is 27.8 Å². The first kappa shape index (κ1) is 15.8. The summed E-state index contributed by atoms with van der Waals surface area (Å²) in [6.07, 6.45) is 0. The molecule has 0 spiro atoms. The fourth-order valence-corrected chi connectivity index (χ4v) is 3.19. The molecule has 21 heavy (non-hydrogen) atoms. The molecular weight excluding hydrogens is 291 g/mol. The number of nitrogens with zero attached hydrogens (tertiary/aromatic N) is 2. The van der Waals surface area contributed by atoms with Crippen molar-refractivity contribution in [2.24, 2.45) is 0 Å². The molecule has 0 saturated heterocycles. The maximum absolute atomic E-state index is 13.5. The lowest BCUT2D eigenvalue weighted by atomic mass is 10.1. The molecule has 1 aromatic heterocycles. The molecule has 0 fully saturated rings. The van der Waals surface area contributed by atoms with Gasteiger partial charge in [-0.1, -0.05) is 0 Å². The molecule has 0 saturated carbocycles. The molecule has 1 atom stereocenters. The second kappa shape index (κ2) is 6.44. The van der Waals surface area contributed by atoms with Gasteiger partial charge >= 0.3 is 5.69 Å². The average Bonchev–Trinajstić information content (AvgIpc) is 2.81. The maximum atomic E-state index is 13.5. The highest BCUT2D eigenvalue weighted by Gasteiger charge is 2.17. The fourth-order valence-electron chi connectivity index (χ4n) is 2.02. The fraction of sp³-hybridized carbons (Fsp3) is 0.429. The van der Waals surface area contributed by atoms with Gasteiger partial charge in [0.05, 0.1) is 0 Å². The Hall–Kier alpha value is -1.60. The summed E-state index contributed by atoms with van der Waals surface area (Å²) in [4.78, 5) is 12.6. The van der Waals surface area contributed by atoms with Crippen LogP contribution in [0.2, 0.25) is 0 Å². The van der Waals surface area contributed by atoms with Gasteiger partial charge in [-0.05, 0) is 63.3 Å². The van der Waals surface area contributed by atoms with Crippen molar-refractivity contribution in [2.45, 2.75) is 42.9 Å². The Balaban J connectivity index is 2.43. The van der Waals surface area contributed by atoms with Crippen LogP contribution in [0.3, 0.4) is 0 Å². The van der Waals surface area contributed by atoms with Gasteiger partial charge < -0.3 is 5.32 Å². The predicted octanol–water partition coefficient (Wildman–Crippen LogP) is 2.72. The van der Waals surface area contributed by atoms with Gasteiger partial charge in [0, 0.05) is 17.0 Å². The van der Waals surface area contributed by atoms with Crippen molar-refractivity contribution in [3.05, 3.63) is 40.1 Å². The standard InChI is InChI=1S/C14H19FN4OS/c1-8(2)19-13(20)17-18-14(19)21-12-6-5-10(15)7-11(12)9(3)16-4/h5-9,16H,1-4H3,(H,17,20). The van der Waals surface area contributed by atoms with Gasteiger partial charge in [-0.25, -0.2) is 14.3 Å². The van der Waals surface area contributed by atoms with E-state index >= 15 is 0 Å². The Bertz CT molecular complexity index is 680. The zero-order valence-electron chi connectivity index (χ0n) is 12.5. The molecule has 0 amide bonds. The minimum absolute atomic E-state index is 0.00126. The zero-order chi connectivity index (χ0) is 15.6. The number of nitrogens with one attached hydrogen (secondary N) is 2. The number of benzene rings is 1. The minimum Gasteiger partial charge on any atom is -0.313 e. The van der Waals surface area contributed by atoms with E-state index in [1.54, 1.807) is 10.6 Å². The zero-order valence-corrected chi connectivity index (χ0v) is 13.3. The Morgan fingerprint density at radius 3 is 2.71 bits per heavy atom. The van der Waals surface area contributed by atoms with Crippen LogP contribution < -0.4 is 11.0 Å². The van der Waals surface area contributed by atoms with E-state index in [2.05, 4.69) is 15.5 Å². The van der Waals surface area contributed by atoms with Crippen molar-refractivity contribution >= 4 is 11.8 Å². The molecule has 0 bridgehead atoms. The molecule has 2 rings (SSSR count). The van der Waals surface area contributed by atoms with Crippen LogP contribution in [-0.4, -0.2) is 21.8 Å². The summed E-state index contributed by atoms with van der Waals surface area (Å²) >= 11 is 1.36. The maximum Gasteiger partial charge on any atom is 0.344 e. The number of H-pyrrole nitrogens is 1. The van der Waals surface area contributed by atoms with E-state index < -0.39 is 0 Å². The molecule has 0 radical (unpaired) electrons. The molecule has 114 valence electrons. The topological polar surface area (TPSA) is 62.7 Å². The molecule has 2 aromatic rings. The summed E-state index contributed by atoms with van der Waals surface area (Å²) in [6.45, 7) is 5.80. The second-order valence-corrected chi connectivity index (χ2v) is 6.08. The van der Waals surface area contributed by atoms with Gasteiger partial charge in [-0.2, -0.15) is 0 Å². The number of hydrogen-bond donors (Lipinski definition) is 2. The highest BCUT2D eigenvalue weighted by Crippen LogP contribution is 2.33. The molecule has 2 N–H and O–H groups in total. The summed E-state index contributed by atoms with van der Waals surface area (Å²) in [5, 5.41) is 10.2. The Morgan fingerprint density at radius 2 is 2.10 bits per heavy atom. The highest BCUT2D eigenvalue weighted by molar-refractivity contribution is 7.99. The third-order valence-corrected chi connectivity index (χ3v) is 4.32. The molecule has 1 unspecified atom stereocenters. The SMILES string of the molecule is CNC(C)c1cc(F)ccc1Sc1n[nH]c(=O)n1C(C)C. The van der Waals surface area contributed by atoms with Crippen molar-refractivity contribution in [1.29, 1.82) is 0 Å². The third-order valence-electron chi connectivity index (χ3n) is 3.26. The lowest BCUT2D eigenvalue weighted by molar-refractivity contribution is 0.533. The smallest absolute Gasteiger partial charge is 0.313 e. The van der Waals surface area contributed by atoms with E-state index in [1.165, 1.54) is 23.9 Å². The summed E-state index contributed by atoms with van der Waals surface area (Å²) in [5.41, 5.74) is 0.603. The van der Waals surface area contributed by atoms with E-state index in [9.17, 15) is 9.18 Å². The first-order valence-corrected chi connectivity index (χ1v) is 7.57. The van der Waals surface area contributed by atoms with E-state index in [0.29, 0.717) is 5.16 Å². The quantitative estimate of drug-likeness (QED) is 0.891. The number of aromatic amines is 1. The summed E-state index contributed by atoms with van der Waals surface area (Å²) in [6, 6.07) is 4.64. The number of aromatic nitrogens is 3. The number of halogens is 1. The first-order valence-electron chi connectivity index (χ1n) is 6.75. The minimum atomic E-state index is -0.278. The first-order chi connectivity index (χ1) is 9.93. The van der Waals surface area contributed by atoms with Crippen molar-refractivity contribution < 1.29 is 4.39 Å². The summed E-state index contributed by atoms with van der Waals surface area (Å²) in [7, 11) is 1.82. The Morgan fingerprint density at radius 1 is 1.38 bits per heavy atom. The van der Waals surface area contributed by atoms with Crippen molar-refractivity contribution in [1.82, 2.24) is 20.1 Å². The van der Waals surface area contributed by atoms with E-state index in [-0.39, 0.29) is 23.6 Å². The molecule has 5 nitrogen and oxygen atoms in total. The van der Waals surface area contributed by atoms with E-state index in [0.717, 1.165) is 10.5 Å². The van der Waals surface area contributed by atoms with Gasteiger partial charge in [0.15, 0.2) is 5.16 Å². The normalized spacial score (nSPS) is 12.9. The van der Waals surface area contributed by atoms with Crippen LogP contribution in [0.15, 0.2) is 33.0 Å². The van der Waals surface area contributed by atoms with Gasteiger partial charge in [0.1, 0.15) is 5.82 Å². The molecule has 0 aliphatic carbocycles. The van der Waals surface area contributed by atoms with Crippen molar-refractivity contribution in [2.75, 3.05) is 7.05 Å². The summed E-state index contributed by atoms with van der Waals surface area (Å²) in [5.74, 6) is -0.278. The summed E-state index contributed by atoms with van der Waals surface area (Å²) < 4.78 is 15.1. The predicted molar refractivity (Wildman–Crippen MR) is 81.2 cm³/mol.